The minimum Gasteiger partial charge on any atom is -0.353 e. The van der Waals surface area contributed by atoms with Crippen molar-refractivity contribution in [3.8, 4) is 0 Å². The van der Waals surface area contributed by atoms with Gasteiger partial charge in [0.25, 0.3) is 0 Å². The average molecular weight is 456 g/mol. The zero-order valence-electron chi connectivity index (χ0n) is 21.7. The van der Waals surface area contributed by atoms with Gasteiger partial charge < -0.3 is 4.74 Å². The lowest BCUT2D eigenvalue weighted by molar-refractivity contribution is -0.119. The molecule has 0 aliphatic carbocycles. The molecule has 33 heavy (non-hydrogen) atoms. The van der Waals surface area contributed by atoms with E-state index in [0.29, 0.717) is 12.0 Å². The van der Waals surface area contributed by atoms with Gasteiger partial charge in [0.1, 0.15) is 12.0 Å². The van der Waals surface area contributed by atoms with Crippen molar-refractivity contribution in [2.24, 2.45) is 5.92 Å². The molecule has 0 radical (unpaired) electrons. The first kappa shape index (κ1) is 29.3. The molecular formula is C30H49NO2. The summed E-state index contributed by atoms with van der Waals surface area (Å²) in [4.78, 5) is 11.8. The highest BCUT2D eigenvalue weighted by molar-refractivity contribution is 5.81. The van der Waals surface area contributed by atoms with Gasteiger partial charge in [-0.3, -0.25) is 10.1 Å². The zero-order valence-corrected chi connectivity index (χ0v) is 21.7. The van der Waals surface area contributed by atoms with Crippen LogP contribution in [0.4, 0.5) is 0 Å². The number of ether oxygens (including phenoxy) is 1. The molecule has 1 fully saturated rings. The van der Waals surface area contributed by atoms with Gasteiger partial charge in [-0.25, -0.2) is 0 Å². The van der Waals surface area contributed by atoms with E-state index in [-0.39, 0.29) is 18.1 Å². The molecule has 3 unspecified atom stereocenters. The van der Waals surface area contributed by atoms with E-state index in [1.807, 2.05) is 0 Å². The van der Waals surface area contributed by atoms with Crippen LogP contribution < -0.4 is 5.32 Å². The second-order valence-corrected chi connectivity index (χ2v) is 9.40. The molecule has 3 heteroatoms. The van der Waals surface area contributed by atoms with Crippen LogP contribution in [-0.2, 0) is 9.53 Å². The van der Waals surface area contributed by atoms with Crippen LogP contribution >= 0.6 is 0 Å². The summed E-state index contributed by atoms with van der Waals surface area (Å²) < 4.78 is 5.72. The highest BCUT2D eigenvalue weighted by atomic mass is 16.6. The predicted octanol–water partition coefficient (Wildman–Crippen LogP) is 8.01. The van der Waals surface area contributed by atoms with Gasteiger partial charge in [0.05, 0.1) is 12.1 Å². The smallest absolute Gasteiger partial charge is 0.146 e. The fourth-order valence-electron chi connectivity index (χ4n) is 3.68. The van der Waals surface area contributed by atoms with Gasteiger partial charge >= 0.3 is 0 Å². The number of Topliss-reactive ketones (excluding diaryl/α,β-unsaturated/α-hetero) is 1. The molecule has 186 valence electrons. The summed E-state index contributed by atoms with van der Waals surface area (Å²) >= 11 is 0. The molecule has 0 amide bonds. The zero-order chi connectivity index (χ0) is 24.2. The van der Waals surface area contributed by atoms with Crippen molar-refractivity contribution in [2.75, 3.05) is 0 Å². The van der Waals surface area contributed by atoms with Crippen molar-refractivity contribution in [1.82, 2.24) is 5.32 Å². The van der Waals surface area contributed by atoms with Crippen molar-refractivity contribution < 1.29 is 9.53 Å². The van der Waals surface area contributed by atoms with Crippen LogP contribution in [0.25, 0.3) is 0 Å². The summed E-state index contributed by atoms with van der Waals surface area (Å²) in [5, 5.41) is 3.38. The van der Waals surface area contributed by atoms with Crippen molar-refractivity contribution >= 4 is 5.78 Å². The summed E-state index contributed by atoms with van der Waals surface area (Å²) in [5.74, 6) is 0.731. The van der Waals surface area contributed by atoms with E-state index in [0.717, 1.165) is 51.4 Å². The molecule has 1 saturated heterocycles. The third-order valence-corrected chi connectivity index (χ3v) is 5.66. The van der Waals surface area contributed by atoms with Crippen LogP contribution in [0.2, 0.25) is 0 Å². The number of allylic oxidation sites excluding steroid dienone is 10. The van der Waals surface area contributed by atoms with Gasteiger partial charge in [-0.2, -0.15) is 0 Å². The van der Waals surface area contributed by atoms with Gasteiger partial charge in [-0.15, -0.1) is 0 Å². The van der Waals surface area contributed by atoms with E-state index < -0.39 is 0 Å². The van der Waals surface area contributed by atoms with Crippen LogP contribution in [0.1, 0.15) is 98.3 Å². The SMILES string of the molecule is CC/C=C\C/C=C\C/C=C\C/C=C\C/C=C\CCCCCC1OC1NC(CC(C)C)C(C)=O. The maximum atomic E-state index is 11.8. The summed E-state index contributed by atoms with van der Waals surface area (Å²) in [6.07, 6.45) is 34.8. The number of nitrogens with one attached hydrogen (secondary N) is 1. The molecule has 0 bridgehead atoms. The Morgan fingerprint density at radius 2 is 1.36 bits per heavy atom. The minimum absolute atomic E-state index is 0.0599. The second kappa shape index (κ2) is 19.7. The van der Waals surface area contributed by atoms with E-state index in [9.17, 15) is 4.79 Å². The fourth-order valence-corrected chi connectivity index (χ4v) is 3.68. The van der Waals surface area contributed by atoms with Gasteiger partial charge in [0.2, 0.25) is 0 Å². The molecule has 0 saturated carbocycles. The van der Waals surface area contributed by atoms with Crippen LogP contribution in [0, 0.1) is 5.92 Å². The second-order valence-electron chi connectivity index (χ2n) is 9.40. The molecule has 0 aromatic heterocycles. The number of epoxide rings is 1. The van der Waals surface area contributed by atoms with Crippen molar-refractivity contribution in [2.45, 2.75) is 117 Å². The topological polar surface area (TPSA) is 41.6 Å². The van der Waals surface area contributed by atoms with Crippen LogP contribution in [0.5, 0.6) is 0 Å². The third-order valence-electron chi connectivity index (χ3n) is 5.66. The summed E-state index contributed by atoms with van der Waals surface area (Å²) in [6, 6.07) is -0.0599. The molecule has 0 spiro atoms. The fraction of sp³-hybridized carbons (Fsp3) is 0.633. The predicted molar refractivity (Wildman–Crippen MR) is 143 cm³/mol. The van der Waals surface area contributed by atoms with E-state index >= 15 is 0 Å². The maximum Gasteiger partial charge on any atom is 0.146 e. The molecule has 0 aromatic carbocycles. The number of hydrogen-bond donors (Lipinski definition) is 1. The Labute approximate surface area is 204 Å². The Bertz CT molecular complexity index is 642. The number of carbonyl (C=O) groups excluding carboxylic acids is 1. The number of hydrogen-bond acceptors (Lipinski definition) is 3. The molecule has 3 nitrogen and oxygen atoms in total. The first-order chi connectivity index (χ1) is 16.0. The van der Waals surface area contributed by atoms with Crippen LogP contribution in [0.15, 0.2) is 60.8 Å². The Kier molecular flexibility index (Phi) is 17.5. The van der Waals surface area contributed by atoms with Gasteiger partial charge in [-0.05, 0) is 70.6 Å². The first-order valence-electron chi connectivity index (χ1n) is 13.2. The third kappa shape index (κ3) is 17.4. The van der Waals surface area contributed by atoms with Gasteiger partial charge in [0, 0.05) is 0 Å². The van der Waals surface area contributed by atoms with E-state index in [2.05, 4.69) is 86.8 Å². The standard InChI is InChI=1S/C30H49NO2/c1-5-6-7-8-9-10-11-12-13-14-15-16-17-18-19-20-21-22-23-24-29-30(33-29)31-28(27(4)32)25-26(2)3/h6-7,9-10,12-13,15-16,18-19,26,28-31H,5,8,11,14,17,20-25H2,1-4H3/b7-6-,10-9-,13-12-,16-15-,19-18-. The molecule has 0 aromatic rings. The lowest BCUT2D eigenvalue weighted by Gasteiger charge is -2.16. The molecular weight excluding hydrogens is 406 g/mol. The highest BCUT2D eigenvalue weighted by Gasteiger charge is 2.40. The summed E-state index contributed by atoms with van der Waals surface area (Å²) in [7, 11) is 0. The van der Waals surface area contributed by atoms with Crippen molar-refractivity contribution in [1.29, 1.82) is 0 Å². The molecule has 3 atom stereocenters. The number of unbranched alkanes of at least 4 members (excludes halogenated alkanes) is 3. The lowest BCUT2D eigenvalue weighted by atomic mass is 10.0. The number of rotatable bonds is 20. The molecule has 1 aliphatic heterocycles. The molecule has 1 heterocycles. The summed E-state index contributed by atoms with van der Waals surface area (Å²) in [5.41, 5.74) is 0. The molecule has 1 aliphatic rings. The summed E-state index contributed by atoms with van der Waals surface area (Å²) in [6.45, 7) is 8.14. The van der Waals surface area contributed by atoms with Crippen molar-refractivity contribution in [3.05, 3.63) is 60.8 Å². The largest absolute Gasteiger partial charge is 0.353 e. The maximum absolute atomic E-state index is 11.8. The monoisotopic (exact) mass is 455 g/mol. The van der Waals surface area contributed by atoms with E-state index in [4.69, 9.17) is 4.74 Å². The molecule has 1 rings (SSSR count). The Morgan fingerprint density at radius 3 is 1.88 bits per heavy atom. The van der Waals surface area contributed by atoms with Crippen LogP contribution in [0.3, 0.4) is 0 Å². The highest BCUT2D eigenvalue weighted by Crippen LogP contribution is 2.26. The Balaban J connectivity index is 1.94. The van der Waals surface area contributed by atoms with E-state index in [1.54, 1.807) is 6.92 Å². The quantitative estimate of drug-likeness (QED) is 0.115. The van der Waals surface area contributed by atoms with Gasteiger partial charge in [0.15, 0.2) is 0 Å². The first-order valence-corrected chi connectivity index (χ1v) is 13.2. The van der Waals surface area contributed by atoms with Gasteiger partial charge in [-0.1, -0.05) is 94.4 Å². The molecule has 1 N–H and O–H groups in total. The number of carbonyl (C=O) groups is 1. The van der Waals surface area contributed by atoms with Crippen LogP contribution in [-0.4, -0.2) is 24.2 Å². The normalized spacial score (nSPS) is 19.9. The average Bonchev–Trinajstić information content (AvgIpc) is 3.52. The van der Waals surface area contributed by atoms with E-state index in [1.165, 1.54) is 19.3 Å². The minimum atomic E-state index is -0.0599. The van der Waals surface area contributed by atoms with Crippen molar-refractivity contribution in [3.63, 3.8) is 0 Å². The lowest BCUT2D eigenvalue weighted by Crippen LogP contribution is -2.39. The Hall–Kier alpha value is -1.71. The Morgan fingerprint density at radius 1 is 0.818 bits per heavy atom. The number of ketones is 1.